The highest BCUT2D eigenvalue weighted by atomic mass is 32.3. The van der Waals surface area contributed by atoms with Crippen molar-refractivity contribution in [3.05, 3.63) is 169 Å². The van der Waals surface area contributed by atoms with Crippen LogP contribution in [0.15, 0.2) is 79.1 Å². The van der Waals surface area contributed by atoms with E-state index in [-0.39, 0.29) is 50.6 Å². The molecule has 27 nitrogen and oxygen atoms in total. The first-order chi connectivity index (χ1) is 32.7. The van der Waals surface area contributed by atoms with Crippen molar-refractivity contribution in [3.8, 4) is 0 Å². The second kappa shape index (κ2) is 38.0. The highest BCUT2D eigenvalue weighted by Gasteiger charge is 2.21. The average molecular weight is 1060 g/mol. The predicted molar refractivity (Wildman–Crippen MR) is 280 cm³/mol. The number of nitrogen functional groups attached to an aromatic ring is 1. The van der Waals surface area contributed by atoms with Crippen LogP contribution in [-0.4, -0.2) is 123 Å². The minimum absolute atomic E-state index is 0. The van der Waals surface area contributed by atoms with Gasteiger partial charge in [0.25, 0.3) is 27.8 Å². The first kappa shape index (κ1) is 74.2. The Bertz CT molecular complexity index is 2520. The third-order valence-corrected chi connectivity index (χ3v) is 8.14. The van der Waals surface area contributed by atoms with Crippen LogP contribution in [0.25, 0.3) is 17.0 Å². The van der Waals surface area contributed by atoms with Gasteiger partial charge in [-0.15, -0.1) is 10.1 Å². The van der Waals surface area contributed by atoms with Crippen LogP contribution in [0.3, 0.4) is 0 Å². The van der Waals surface area contributed by atoms with Crippen molar-refractivity contribution < 1.29 is 62.1 Å². The third kappa shape index (κ3) is 34.3. The average Bonchev–Trinajstić information content (AvgIpc) is 3.67. The lowest BCUT2D eigenvalue weighted by atomic mass is 10.1. The van der Waals surface area contributed by atoms with E-state index in [2.05, 4.69) is 49.2 Å². The number of anilines is 1. The highest BCUT2D eigenvalue weighted by molar-refractivity contribution is 7.79. The number of rotatable bonds is 9. The maximum Gasteiger partial charge on any atom is 0.394 e. The summed E-state index contributed by atoms with van der Waals surface area (Å²) in [5, 5.41) is 65.0. The van der Waals surface area contributed by atoms with E-state index in [0.29, 0.717) is 22.3 Å². The number of methoxy groups -OCH3 is 2. The van der Waals surface area contributed by atoms with E-state index in [9.17, 15) is 40.5 Å². The standard InChI is InChI=1S/C11H13N3O4.C9H10N2.C8H8N2O4.C8H10.C5H13NO2.C2H6O.2CH4.HNO3.H2O4S/c1-8-6-9(4-5-12(2)3)11(14(17)18)7-10(8)13(15)16;1-6-4-7-2-3-11-9(7)5-8(6)10;1-5-3-6(2)8(10(13)14)4-7(5)9(11)12;1-7-4-3-5-8(2)6-7;1-6(2)5(7-3)8-4;1-2-3;;;2-1(3)4;1-5(2,3)4/h4-7H,1-3H3;2-5,11H,10H2,1H3;3-4H,1-2H3;3-6H,1-2H3;5H,1-4H3;3H,2H2,1H3;2*1H4;(H,2,3,4);(H2,1,2,3,4)/b5-4+;;;;;;;;;. The molecule has 4 aromatic carbocycles. The molecule has 5 aromatic rings. The van der Waals surface area contributed by atoms with Crippen molar-refractivity contribution in [2.45, 2.75) is 69.7 Å². The third-order valence-electron chi connectivity index (χ3n) is 8.14. The minimum Gasteiger partial charge on any atom is -0.398 e. The molecule has 0 fully saturated rings. The molecule has 1 heterocycles. The molecular formula is C45H71N9O18S. The molecule has 0 saturated heterocycles. The second-order valence-electron chi connectivity index (χ2n) is 14.6. The van der Waals surface area contributed by atoms with Gasteiger partial charge in [-0.05, 0) is 116 Å². The van der Waals surface area contributed by atoms with Gasteiger partial charge in [0, 0.05) is 69.0 Å². The lowest BCUT2D eigenvalue weighted by Gasteiger charge is -2.19. The van der Waals surface area contributed by atoms with Gasteiger partial charge < -0.3 is 35.4 Å². The van der Waals surface area contributed by atoms with E-state index in [1.807, 2.05) is 44.2 Å². The molecule has 0 amide bonds. The van der Waals surface area contributed by atoms with Crippen LogP contribution in [0.2, 0.25) is 0 Å². The van der Waals surface area contributed by atoms with Crippen LogP contribution < -0.4 is 5.73 Å². The SMILES string of the molecule is C.C.CCO.COC(OC)N(C)C.Cc1cc(/C=C/N(C)C)c([N+](=O)[O-])cc1[N+](=O)[O-].Cc1cc(C)c([N+](=O)[O-])cc1[N+](=O)[O-].Cc1cc2cc[nH]c2cc1N.Cc1cccc(C)c1.O=S(=O)(O)O.O=[N+]([O-])O. The number of aliphatic hydroxyl groups excluding tert-OH is 1. The lowest BCUT2D eigenvalue weighted by Crippen LogP contribution is -2.30. The topological polar surface area (TPSA) is 398 Å². The Labute approximate surface area is 424 Å². The van der Waals surface area contributed by atoms with E-state index in [1.165, 1.54) is 28.6 Å². The molecule has 0 spiro atoms. The molecule has 1 aromatic heterocycles. The Kier molecular flexibility index (Phi) is 38.6. The van der Waals surface area contributed by atoms with E-state index < -0.39 is 35.2 Å². The Hall–Kier alpha value is -7.73. The van der Waals surface area contributed by atoms with Gasteiger partial charge in [-0.1, -0.05) is 50.2 Å². The van der Waals surface area contributed by atoms with E-state index >= 15 is 0 Å². The maximum absolute atomic E-state index is 10.9. The summed E-state index contributed by atoms with van der Waals surface area (Å²) in [5.41, 5.74) is 12.1. The fourth-order valence-electron chi connectivity index (χ4n) is 5.20. The number of aryl methyl sites for hydroxylation is 6. The molecule has 0 aliphatic heterocycles. The molecule has 0 radical (unpaired) electrons. The van der Waals surface area contributed by atoms with Crippen molar-refractivity contribution in [3.63, 3.8) is 0 Å². The van der Waals surface area contributed by atoms with Crippen molar-refractivity contribution >= 4 is 55.8 Å². The number of aliphatic hydroxyl groups is 1. The molecule has 0 aliphatic carbocycles. The molecule has 0 aliphatic rings. The van der Waals surface area contributed by atoms with Crippen molar-refractivity contribution in [1.29, 1.82) is 0 Å². The summed E-state index contributed by atoms with van der Waals surface area (Å²) in [5.74, 6) is 0. The zero-order valence-electron chi connectivity index (χ0n) is 41.5. The number of nitro benzene ring substituents is 4. The summed E-state index contributed by atoms with van der Waals surface area (Å²) in [6.45, 7) is 12.8. The van der Waals surface area contributed by atoms with Crippen LogP contribution in [0.4, 0.5) is 28.4 Å². The van der Waals surface area contributed by atoms with Crippen LogP contribution in [0, 0.1) is 92.1 Å². The van der Waals surface area contributed by atoms with Crippen molar-refractivity contribution in [2.24, 2.45) is 0 Å². The number of nitro groups is 4. The van der Waals surface area contributed by atoms with E-state index in [0.717, 1.165) is 28.9 Å². The minimum atomic E-state index is -4.67. The molecule has 28 heteroatoms. The van der Waals surface area contributed by atoms with Gasteiger partial charge in [-0.25, -0.2) is 0 Å². The maximum atomic E-state index is 10.9. The van der Waals surface area contributed by atoms with Crippen molar-refractivity contribution in [2.75, 3.05) is 54.8 Å². The molecule has 0 bridgehead atoms. The first-order valence-electron chi connectivity index (χ1n) is 20.1. The van der Waals surface area contributed by atoms with Gasteiger partial charge in [0.05, 0.1) is 37.4 Å². The van der Waals surface area contributed by atoms with Gasteiger partial charge in [0.2, 0.25) is 6.41 Å². The molecule has 0 saturated carbocycles. The number of H-pyrrole nitrogens is 1. The van der Waals surface area contributed by atoms with Crippen LogP contribution in [0.1, 0.15) is 60.7 Å². The normalized spacial score (nSPS) is 9.73. The number of aromatic amines is 1. The van der Waals surface area contributed by atoms with E-state index in [4.69, 9.17) is 53.2 Å². The zero-order valence-corrected chi connectivity index (χ0v) is 42.3. The summed E-state index contributed by atoms with van der Waals surface area (Å²) in [7, 11) is 5.87. The smallest absolute Gasteiger partial charge is 0.394 e. The summed E-state index contributed by atoms with van der Waals surface area (Å²) in [6.07, 6.45) is 4.90. The molecule has 5 rings (SSSR count). The summed E-state index contributed by atoms with van der Waals surface area (Å²) in [6, 6.07) is 19.4. The largest absolute Gasteiger partial charge is 0.398 e. The van der Waals surface area contributed by atoms with Gasteiger partial charge in [-0.3, -0.25) is 54.5 Å². The van der Waals surface area contributed by atoms with Gasteiger partial charge in [0.1, 0.15) is 0 Å². The fraction of sp³-hybridized carbons (Fsp3) is 0.378. The predicted octanol–water partition coefficient (Wildman–Crippen LogP) is 9.22. The van der Waals surface area contributed by atoms with Crippen LogP contribution >= 0.6 is 0 Å². The quantitative estimate of drug-likeness (QED) is 0.0263. The first-order valence-corrected chi connectivity index (χ1v) is 21.5. The number of ether oxygens (including phenoxy) is 2. The lowest BCUT2D eigenvalue weighted by molar-refractivity contribution is -0.742. The fourth-order valence-corrected chi connectivity index (χ4v) is 5.20. The number of aromatic nitrogens is 1. The monoisotopic (exact) mass is 1060 g/mol. The Morgan fingerprint density at radius 2 is 1.04 bits per heavy atom. The molecule has 73 heavy (non-hydrogen) atoms. The summed E-state index contributed by atoms with van der Waals surface area (Å²) < 4.78 is 41.3. The molecular weight excluding hydrogens is 987 g/mol. The zero-order chi connectivity index (χ0) is 55.9. The number of nitrogens with zero attached hydrogens (tertiary/aromatic N) is 7. The van der Waals surface area contributed by atoms with Crippen LogP contribution in [0.5, 0.6) is 0 Å². The Morgan fingerprint density at radius 1 is 0.671 bits per heavy atom. The molecule has 410 valence electrons. The van der Waals surface area contributed by atoms with Gasteiger partial charge >= 0.3 is 10.4 Å². The molecule has 0 atom stereocenters. The highest BCUT2D eigenvalue weighted by Crippen LogP contribution is 2.30. The van der Waals surface area contributed by atoms with Crippen molar-refractivity contribution in [1.82, 2.24) is 14.8 Å². The number of fused-ring (bicyclic) bond motifs is 1. The van der Waals surface area contributed by atoms with Gasteiger partial charge in [0.15, 0.2) is 0 Å². The van der Waals surface area contributed by atoms with Crippen LogP contribution in [-0.2, 0) is 19.9 Å². The number of benzene rings is 4. The summed E-state index contributed by atoms with van der Waals surface area (Å²) >= 11 is 0. The Balaban J connectivity index is -0.000000254. The summed E-state index contributed by atoms with van der Waals surface area (Å²) in [4.78, 5) is 55.1. The van der Waals surface area contributed by atoms with E-state index in [1.54, 1.807) is 73.2 Å². The van der Waals surface area contributed by atoms with Gasteiger partial charge in [-0.2, -0.15) is 8.42 Å². The number of hydrogen-bond acceptors (Lipinski definition) is 18. The molecule has 7 N–H and O–H groups in total. The second-order valence-corrected chi connectivity index (χ2v) is 15.5. The number of hydrogen-bond donors (Lipinski definition) is 6. The molecule has 0 unspecified atom stereocenters. The number of nitrogens with one attached hydrogen (secondary N) is 1. The Morgan fingerprint density at radius 3 is 1.34 bits per heavy atom. The number of nitrogens with two attached hydrogens (primary N) is 1.